The molecule has 1 fully saturated rings. The Kier molecular flexibility index (Phi) is 6.71. The summed E-state index contributed by atoms with van der Waals surface area (Å²) in [6.45, 7) is 2.67. The van der Waals surface area contributed by atoms with Crippen molar-refractivity contribution in [3.8, 4) is 5.75 Å². The SMILES string of the molecule is CCN1C(=O)/C(=C/c2cc(Cl)c(OCc3ccccc3Cl)c(Cl)c2)SC1=S. The molecule has 1 heterocycles. The minimum absolute atomic E-state index is 0.112. The Morgan fingerprint density at radius 2 is 1.81 bits per heavy atom. The van der Waals surface area contributed by atoms with Crippen LogP contribution in [0.2, 0.25) is 15.1 Å². The minimum atomic E-state index is -0.112. The molecule has 3 rings (SSSR count). The fourth-order valence-electron chi connectivity index (χ4n) is 2.49. The zero-order valence-corrected chi connectivity index (χ0v) is 18.1. The maximum Gasteiger partial charge on any atom is 0.266 e. The number of benzene rings is 2. The molecule has 0 N–H and O–H groups in total. The standard InChI is InChI=1S/C19H14Cl3NO2S2/c1-2-23-18(24)16(27-19(23)26)9-11-7-14(21)17(15(22)8-11)25-10-12-5-3-4-6-13(12)20/h3-9H,2,10H2,1H3/b16-9-. The molecule has 0 bridgehead atoms. The number of nitrogens with zero attached hydrogens (tertiary/aromatic N) is 1. The van der Waals surface area contributed by atoms with E-state index in [4.69, 9.17) is 51.8 Å². The Bertz CT molecular complexity index is 923. The molecule has 1 amide bonds. The van der Waals surface area contributed by atoms with Crippen LogP contribution in [0.4, 0.5) is 0 Å². The highest BCUT2D eigenvalue weighted by molar-refractivity contribution is 8.26. The van der Waals surface area contributed by atoms with E-state index in [1.54, 1.807) is 29.2 Å². The summed E-state index contributed by atoms with van der Waals surface area (Å²) in [5.41, 5.74) is 1.53. The van der Waals surface area contributed by atoms with Gasteiger partial charge in [-0.25, -0.2) is 0 Å². The van der Waals surface area contributed by atoms with Crippen molar-refractivity contribution >= 4 is 75.1 Å². The monoisotopic (exact) mass is 457 g/mol. The number of carbonyl (C=O) groups excluding carboxylic acids is 1. The second-order valence-electron chi connectivity index (χ2n) is 5.62. The van der Waals surface area contributed by atoms with Gasteiger partial charge in [-0.2, -0.15) is 0 Å². The number of thioether (sulfide) groups is 1. The van der Waals surface area contributed by atoms with Crippen molar-refractivity contribution in [2.24, 2.45) is 0 Å². The van der Waals surface area contributed by atoms with Gasteiger partial charge in [0.15, 0.2) is 5.75 Å². The molecule has 8 heteroatoms. The maximum atomic E-state index is 12.3. The number of rotatable bonds is 5. The summed E-state index contributed by atoms with van der Waals surface area (Å²) in [7, 11) is 0. The van der Waals surface area contributed by atoms with Gasteiger partial charge in [-0.05, 0) is 36.8 Å². The van der Waals surface area contributed by atoms with Gasteiger partial charge in [-0.1, -0.05) is 77.0 Å². The van der Waals surface area contributed by atoms with E-state index in [1.165, 1.54) is 11.8 Å². The van der Waals surface area contributed by atoms with E-state index in [0.29, 0.717) is 42.2 Å². The van der Waals surface area contributed by atoms with Crippen molar-refractivity contribution < 1.29 is 9.53 Å². The average molecular weight is 459 g/mol. The van der Waals surface area contributed by atoms with Gasteiger partial charge in [0, 0.05) is 17.1 Å². The quantitative estimate of drug-likeness (QED) is 0.380. The fraction of sp³-hybridized carbons (Fsp3) is 0.158. The first-order valence-corrected chi connectivity index (χ1v) is 10.4. The van der Waals surface area contributed by atoms with Crippen LogP contribution in [0.15, 0.2) is 41.3 Å². The van der Waals surface area contributed by atoms with Crippen LogP contribution < -0.4 is 4.74 Å². The predicted octanol–water partition coefficient (Wildman–Crippen LogP) is 6.45. The van der Waals surface area contributed by atoms with E-state index >= 15 is 0 Å². The van der Waals surface area contributed by atoms with E-state index in [-0.39, 0.29) is 12.5 Å². The number of hydrogen-bond acceptors (Lipinski definition) is 4. The molecule has 1 aliphatic rings. The molecule has 0 aromatic heterocycles. The molecular formula is C19H14Cl3NO2S2. The smallest absolute Gasteiger partial charge is 0.266 e. The molecule has 27 heavy (non-hydrogen) atoms. The maximum absolute atomic E-state index is 12.3. The Hall–Kier alpha value is -1.24. The zero-order chi connectivity index (χ0) is 19.6. The first-order chi connectivity index (χ1) is 12.9. The number of carbonyl (C=O) groups is 1. The van der Waals surface area contributed by atoms with Crippen LogP contribution in [0, 0.1) is 0 Å². The van der Waals surface area contributed by atoms with Crippen molar-refractivity contribution in [3.05, 3.63) is 67.5 Å². The summed E-state index contributed by atoms with van der Waals surface area (Å²) in [5.74, 6) is 0.260. The number of hydrogen-bond donors (Lipinski definition) is 0. The lowest BCUT2D eigenvalue weighted by atomic mass is 10.2. The van der Waals surface area contributed by atoms with Crippen molar-refractivity contribution in [3.63, 3.8) is 0 Å². The highest BCUT2D eigenvalue weighted by atomic mass is 35.5. The van der Waals surface area contributed by atoms with Gasteiger partial charge in [0.2, 0.25) is 0 Å². The molecule has 0 spiro atoms. The number of ether oxygens (including phenoxy) is 1. The largest absolute Gasteiger partial charge is 0.486 e. The summed E-state index contributed by atoms with van der Waals surface area (Å²) < 4.78 is 6.31. The molecule has 1 aliphatic heterocycles. The Morgan fingerprint density at radius 1 is 1.15 bits per heavy atom. The minimum Gasteiger partial charge on any atom is -0.486 e. The second-order valence-corrected chi connectivity index (χ2v) is 8.52. The third-order valence-electron chi connectivity index (χ3n) is 3.84. The van der Waals surface area contributed by atoms with Gasteiger partial charge in [0.05, 0.1) is 15.0 Å². The van der Waals surface area contributed by atoms with E-state index in [2.05, 4.69) is 0 Å². The number of thiocarbonyl (C=S) groups is 1. The topological polar surface area (TPSA) is 29.5 Å². The Morgan fingerprint density at radius 3 is 2.41 bits per heavy atom. The van der Waals surface area contributed by atoms with E-state index in [0.717, 1.165) is 5.56 Å². The van der Waals surface area contributed by atoms with E-state index in [9.17, 15) is 4.79 Å². The lowest BCUT2D eigenvalue weighted by molar-refractivity contribution is -0.121. The van der Waals surface area contributed by atoms with Crippen LogP contribution >= 0.6 is 58.8 Å². The number of likely N-dealkylation sites (N-methyl/N-ethyl adjacent to an activating group) is 1. The summed E-state index contributed by atoms with van der Waals surface area (Å²) in [4.78, 5) is 14.4. The number of amides is 1. The molecule has 0 aliphatic carbocycles. The number of halogens is 3. The highest BCUT2D eigenvalue weighted by Gasteiger charge is 2.30. The molecule has 0 saturated carbocycles. The Labute approximate surface area is 182 Å². The molecule has 0 radical (unpaired) electrons. The second kappa shape index (κ2) is 8.84. The molecular weight excluding hydrogens is 445 g/mol. The van der Waals surface area contributed by atoms with Gasteiger partial charge in [-0.3, -0.25) is 9.69 Å². The lowest BCUT2D eigenvalue weighted by Gasteiger charge is -2.12. The third kappa shape index (κ3) is 4.61. The van der Waals surface area contributed by atoms with Crippen molar-refractivity contribution in [1.29, 1.82) is 0 Å². The summed E-state index contributed by atoms with van der Waals surface area (Å²) in [5, 5.41) is 1.32. The van der Waals surface area contributed by atoms with E-state index < -0.39 is 0 Å². The summed E-state index contributed by atoms with van der Waals surface area (Å²) >= 11 is 25.3. The Balaban J connectivity index is 1.81. The van der Waals surface area contributed by atoms with Crippen molar-refractivity contribution in [2.75, 3.05) is 6.54 Å². The first-order valence-electron chi connectivity index (χ1n) is 8.01. The van der Waals surface area contributed by atoms with Crippen LogP contribution in [0.1, 0.15) is 18.1 Å². The molecule has 3 nitrogen and oxygen atoms in total. The predicted molar refractivity (Wildman–Crippen MR) is 118 cm³/mol. The molecule has 2 aromatic carbocycles. The van der Waals surface area contributed by atoms with Crippen molar-refractivity contribution in [2.45, 2.75) is 13.5 Å². The van der Waals surface area contributed by atoms with Crippen molar-refractivity contribution in [1.82, 2.24) is 4.90 Å². The van der Waals surface area contributed by atoms with Crippen LogP contribution in [0.5, 0.6) is 5.75 Å². The van der Waals surface area contributed by atoms with Crippen LogP contribution in [-0.4, -0.2) is 21.7 Å². The molecule has 140 valence electrons. The molecule has 1 saturated heterocycles. The highest BCUT2D eigenvalue weighted by Crippen LogP contribution is 2.38. The van der Waals surface area contributed by atoms with Crippen LogP contribution in [0.3, 0.4) is 0 Å². The van der Waals surface area contributed by atoms with E-state index in [1.807, 2.05) is 25.1 Å². The molecule has 0 atom stereocenters. The molecule has 2 aromatic rings. The summed E-state index contributed by atoms with van der Waals surface area (Å²) in [6.07, 6.45) is 1.73. The fourth-order valence-corrected chi connectivity index (χ4v) is 4.68. The van der Waals surface area contributed by atoms with Gasteiger partial charge in [0.25, 0.3) is 5.91 Å². The summed E-state index contributed by atoms with van der Waals surface area (Å²) in [6, 6.07) is 10.8. The zero-order valence-electron chi connectivity index (χ0n) is 14.2. The first kappa shape index (κ1) is 20.5. The van der Waals surface area contributed by atoms with Crippen LogP contribution in [0.25, 0.3) is 6.08 Å². The third-order valence-corrected chi connectivity index (χ3v) is 6.15. The van der Waals surface area contributed by atoms with Crippen LogP contribution in [-0.2, 0) is 11.4 Å². The molecule has 0 unspecified atom stereocenters. The van der Waals surface area contributed by atoms with Gasteiger partial charge in [0.1, 0.15) is 10.9 Å². The average Bonchev–Trinajstić information content (AvgIpc) is 2.88. The van der Waals surface area contributed by atoms with Gasteiger partial charge < -0.3 is 4.74 Å². The van der Waals surface area contributed by atoms with Gasteiger partial charge in [-0.15, -0.1) is 0 Å². The normalized spacial score (nSPS) is 15.7. The lowest BCUT2D eigenvalue weighted by Crippen LogP contribution is -2.27. The van der Waals surface area contributed by atoms with Gasteiger partial charge >= 0.3 is 0 Å².